The highest BCUT2D eigenvalue weighted by Crippen LogP contribution is 2.29. The first-order valence-corrected chi connectivity index (χ1v) is 7.79. The van der Waals surface area contributed by atoms with Crippen molar-refractivity contribution in [2.24, 2.45) is 0 Å². The van der Waals surface area contributed by atoms with Crippen LogP contribution < -0.4 is 16.4 Å². The number of amides is 1. The lowest BCUT2D eigenvalue weighted by molar-refractivity contribution is 0.103. The standard InChI is InChI=1S/C14H17ClN4OS/c1-3-7-17-14-19-12(16)11(21-14)13(20)18-10-8(2)5-4-6-9(10)15/h4-6H,3,7,16H2,1-2H3,(H,17,19)(H,18,20). The van der Waals surface area contributed by atoms with Crippen LogP contribution in [0.4, 0.5) is 16.6 Å². The van der Waals surface area contributed by atoms with Gasteiger partial charge in [0.25, 0.3) is 5.91 Å². The molecule has 21 heavy (non-hydrogen) atoms. The Morgan fingerprint density at radius 3 is 2.90 bits per heavy atom. The number of benzene rings is 1. The van der Waals surface area contributed by atoms with E-state index in [1.807, 2.05) is 19.1 Å². The van der Waals surface area contributed by atoms with Crippen LogP contribution in [-0.2, 0) is 0 Å². The highest BCUT2D eigenvalue weighted by Gasteiger charge is 2.17. The number of aromatic nitrogens is 1. The van der Waals surface area contributed by atoms with E-state index < -0.39 is 0 Å². The Morgan fingerprint density at radius 1 is 1.48 bits per heavy atom. The smallest absolute Gasteiger partial charge is 0.269 e. The Hall–Kier alpha value is -1.79. The number of rotatable bonds is 5. The lowest BCUT2D eigenvalue weighted by Crippen LogP contribution is -2.13. The van der Waals surface area contributed by atoms with Crippen molar-refractivity contribution in [3.05, 3.63) is 33.7 Å². The first-order valence-electron chi connectivity index (χ1n) is 6.59. The molecular weight excluding hydrogens is 308 g/mol. The van der Waals surface area contributed by atoms with Crippen LogP contribution in [0.15, 0.2) is 18.2 Å². The summed E-state index contributed by atoms with van der Waals surface area (Å²) in [5, 5.41) is 7.06. The van der Waals surface area contributed by atoms with E-state index in [0.717, 1.165) is 18.5 Å². The third-order valence-corrected chi connectivity index (χ3v) is 4.19. The Morgan fingerprint density at radius 2 is 2.24 bits per heavy atom. The molecule has 0 fully saturated rings. The first kappa shape index (κ1) is 15.6. The number of hydrogen-bond acceptors (Lipinski definition) is 5. The summed E-state index contributed by atoms with van der Waals surface area (Å²) in [4.78, 5) is 16.8. The van der Waals surface area contributed by atoms with Gasteiger partial charge in [-0.05, 0) is 25.0 Å². The molecule has 1 amide bonds. The average Bonchev–Trinajstić information content (AvgIpc) is 2.82. The molecule has 0 unspecified atom stereocenters. The van der Waals surface area contributed by atoms with Gasteiger partial charge in [-0.15, -0.1) is 0 Å². The van der Waals surface area contributed by atoms with Crippen LogP contribution in [0.3, 0.4) is 0 Å². The van der Waals surface area contributed by atoms with Crippen molar-refractivity contribution < 1.29 is 4.79 Å². The number of anilines is 3. The first-order chi connectivity index (χ1) is 10.0. The largest absolute Gasteiger partial charge is 0.382 e. The van der Waals surface area contributed by atoms with Gasteiger partial charge in [0.05, 0.1) is 10.7 Å². The third-order valence-electron chi connectivity index (χ3n) is 2.85. The van der Waals surface area contributed by atoms with Crippen molar-refractivity contribution in [1.29, 1.82) is 0 Å². The van der Waals surface area contributed by atoms with Crippen LogP contribution in [0.5, 0.6) is 0 Å². The lowest BCUT2D eigenvalue weighted by atomic mass is 10.2. The van der Waals surface area contributed by atoms with Crippen LogP contribution in [0.25, 0.3) is 0 Å². The zero-order valence-corrected chi connectivity index (χ0v) is 13.4. The number of halogens is 1. The van der Waals surface area contributed by atoms with Gasteiger partial charge in [-0.25, -0.2) is 4.98 Å². The summed E-state index contributed by atoms with van der Waals surface area (Å²) < 4.78 is 0. The van der Waals surface area contributed by atoms with Crippen molar-refractivity contribution in [2.75, 3.05) is 22.9 Å². The van der Waals surface area contributed by atoms with Crippen molar-refractivity contribution in [3.63, 3.8) is 0 Å². The minimum Gasteiger partial charge on any atom is -0.382 e. The fourth-order valence-corrected chi connectivity index (χ4v) is 2.84. The van der Waals surface area contributed by atoms with Crippen LogP contribution in [-0.4, -0.2) is 17.4 Å². The van der Waals surface area contributed by atoms with E-state index in [2.05, 4.69) is 22.5 Å². The maximum Gasteiger partial charge on any atom is 0.269 e. The van der Waals surface area contributed by atoms with Gasteiger partial charge in [0.15, 0.2) is 5.13 Å². The predicted molar refractivity (Wildman–Crippen MR) is 89.4 cm³/mol. The van der Waals surface area contributed by atoms with E-state index >= 15 is 0 Å². The molecule has 0 atom stereocenters. The third kappa shape index (κ3) is 3.65. The number of aryl methyl sites for hydroxylation is 1. The van der Waals surface area contributed by atoms with Crippen molar-refractivity contribution in [1.82, 2.24) is 4.98 Å². The molecule has 0 saturated carbocycles. The van der Waals surface area contributed by atoms with Crippen molar-refractivity contribution >= 4 is 45.5 Å². The second-order valence-corrected chi connectivity index (χ2v) is 5.95. The summed E-state index contributed by atoms with van der Waals surface area (Å²) >= 11 is 7.34. The number of nitrogens with one attached hydrogen (secondary N) is 2. The predicted octanol–water partition coefficient (Wildman–Crippen LogP) is 3.76. The van der Waals surface area contributed by atoms with Crippen molar-refractivity contribution in [2.45, 2.75) is 20.3 Å². The van der Waals surface area contributed by atoms with E-state index in [1.54, 1.807) is 6.07 Å². The second-order valence-electron chi connectivity index (χ2n) is 4.55. The van der Waals surface area contributed by atoms with E-state index in [0.29, 0.717) is 20.7 Å². The van der Waals surface area contributed by atoms with E-state index in [1.165, 1.54) is 11.3 Å². The minimum absolute atomic E-state index is 0.223. The van der Waals surface area contributed by atoms with Crippen LogP contribution in [0.2, 0.25) is 5.02 Å². The molecule has 1 aromatic carbocycles. The lowest BCUT2D eigenvalue weighted by Gasteiger charge is -2.09. The fraction of sp³-hybridized carbons (Fsp3) is 0.286. The number of nitrogen functional groups attached to an aromatic ring is 1. The van der Waals surface area contributed by atoms with Gasteiger partial charge in [0.2, 0.25) is 0 Å². The topological polar surface area (TPSA) is 80.0 Å². The van der Waals surface area contributed by atoms with E-state index in [4.69, 9.17) is 17.3 Å². The average molecular weight is 325 g/mol. The molecule has 0 radical (unpaired) electrons. The molecule has 0 aliphatic rings. The van der Waals surface area contributed by atoms with Gasteiger partial charge in [0, 0.05) is 6.54 Å². The fourth-order valence-electron chi connectivity index (χ4n) is 1.76. The summed E-state index contributed by atoms with van der Waals surface area (Å²) in [6.45, 7) is 4.72. The molecule has 0 aliphatic heterocycles. The molecule has 112 valence electrons. The number of nitrogens with zero attached hydrogens (tertiary/aromatic N) is 1. The van der Waals surface area contributed by atoms with Gasteiger partial charge in [-0.3, -0.25) is 4.79 Å². The number of nitrogens with two attached hydrogens (primary N) is 1. The molecule has 1 heterocycles. The normalized spacial score (nSPS) is 10.4. The Balaban J connectivity index is 2.19. The highest BCUT2D eigenvalue weighted by atomic mass is 35.5. The summed E-state index contributed by atoms with van der Waals surface area (Å²) in [7, 11) is 0. The van der Waals surface area contributed by atoms with Gasteiger partial charge in [-0.1, -0.05) is 42.0 Å². The maximum absolute atomic E-state index is 12.3. The number of hydrogen-bond donors (Lipinski definition) is 3. The molecule has 4 N–H and O–H groups in total. The number of thiazole rings is 1. The van der Waals surface area contributed by atoms with Crippen LogP contribution >= 0.6 is 22.9 Å². The molecule has 2 aromatic rings. The molecule has 1 aromatic heterocycles. The molecular formula is C14H17ClN4OS. The van der Waals surface area contributed by atoms with Gasteiger partial charge >= 0.3 is 0 Å². The number of carbonyl (C=O) groups is 1. The van der Waals surface area contributed by atoms with Gasteiger partial charge in [-0.2, -0.15) is 0 Å². The zero-order valence-electron chi connectivity index (χ0n) is 11.9. The molecule has 0 saturated heterocycles. The molecule has 5 nitrogen and oxygen atoms in total. The molecule has 0 aliphatic carbocycles. The van der Waals surface area contributed by atoms with Crippen LogP contribution in [0.1, 0.15) is 28.6 Å². The summed E-state index contributed by atoms with van der Waals surface area (Å²) in [5.41, 5.74) is 7.30. The van der Waals surface area contributed by atoms with E-state index in [-0.39, 0.29) is 11.7 Å². The van der Waals surface area contributed by atoms with E-state index in [9.17, 15) is 4.79 Å². The van der Waals surface area contributed by atoms with Gasteiger partial charge < -0.3 is 16.4 Å². The van der Waals surface area contributed by atoms with Crippen LogP contribution in [0, 0.1) is 6.92 Å². The minimum atomic E-state index is -0.300. The summed E-state index contributed by atoms with van der Waals surface area (Å²) in [6, 6.07) is 5.45. The molecule has 0 bridgehead atoms. The summed E-state index contributed by atoms with van der Waals surface area (Å²) in [5.74, 6) is -0.0773. The highest BCUT2D eigenvalue weighted by molar-refractivity contribution is 7.18. The summed E-state index contributed by atoms with van der Waals surface area (Å²) in [6.07, 6.45) is 0.972. The Kier molecular flexibility index (Phi) is 5.03. The molecule has 7 heteroatoms. The van der Waals surface area contributed by atoms with Gasteiger partial charge in [0.1, 0.15) is 10.7 Å². The number of carbonyl (C=O) groups excluding carboxylic acids is 1. The monoisotopic (exact) mass is 324 g/mol. The Labute approximate surface area is 132 Å². The SMILES string of the molecule is CCCNc1nc(N)c(C(=O)Nc2c(C)cccc2Cl)s1. The Bertz CT molecular complexity index is 636. The number of para-hydroxylation sites is 1. The molecule has 2 rings (SSSR count). The van der Waals surface area contributed by atoms with Crippen molar-refractivity contribution in [3.8, 4) is 0 Å². The second kappa shape index (κ2) is 6.78. The molecule has 0 spiro atoms. The maximum atomic E-state index is 12.3. The quantitative estimate of drug-likeness (QED) is 0.782. The zero-order chi connectivity index (χ0) is 15.4.